The predicted molar refractivity (Wildman–Crippen MR) is 203 cm³/mol. The maximum atomic E-state index is 11.0. The van der Waals surface area contributed by atoms with E-state index in [0.29, 0.717) is 17.6 Å². The number of hydrogen-bond acceptors (Lipinski definition) is 3. The van der Waals surface area contributed by atoms with Crippen molar-refractivity contribution in [2.24, 2.45) is 0 Å². The van der Waals surface area contributed by atoms with Gasteiger partial charge in [-0.25, -0.2) is 4.79 Å². The molecule has 4 heteroatoms. The molecule has 246 valence electrons. The van der Waals surface area contributed by atoms with Crippen molar-refractivity contribution in [1.29, 1.82) is 0 Å². The highest BCUT2D eigenvalue weighted by molar-refractivity contribution is 7.99. The van der Waals surface area contributed by atoms with Gasteiger partial charge in [0, 0.05) is 10.6 Å². The first-order valence-electron chi connectivity index (χ1n) is 16.8. The molecule has 0 fully saturated rings. The summed E-state index contributed by atoms with van der Waals surface area (Å²) in [5.41, 5.74) is 13.5. The maximum absolute atomic E-state index is 11.0. The fourth-order valence-corrected chi connectivity index (χ4v) is 7.00. The molecule has 0 radical (unpaired) electrons. The van der Waals surface area contributed by atoms with Crippen LogP contribution in [0.25, 0.3) is 27.8 Å². The lowest BCUT2D eigenvalue weighted by Crippen LogP contribution is -2.10. The third-order valence-corrected chi connectivity index (χ3v) is 9.94. The minimum Gasteiger partial charge on any atom is -0.482 e. The Morgan fingerprint density at radius 1 is 0.667 bits per heavy atom. The molecule has 0 saturated heterocycles. The topological polar surface area (TPSA) is 46.5 Å². The van der Waals surface area contributed by atoms with Crippen LogP contribution in [0.2, 0.25) is 0 Å². The minimum atomic E-state index is -0.979. The fourth-order valence-electron chi connectivity index (χ4n) is 5.89. The Morgan fingerprint density at radius 2 is 1.10 bits per heavy atom. The molecule has 0 atom stereocenters. The Labute approximate surface area is 290 Å². The lowest BCUT2D eigenvalue weighted by atomic mass is 9.90. The smallest absolute Gasteiger partial charge is 0.341 e. The van der Waals surface area contributed by atoms with Gasteiger partial charge in [0.2, 0.25) is 0 Å². The first kappa shape index (κ1) is 34.8. The van der Waals surface area contributed by atoms with Crippen molar-refractivity contribution in [1.82, 2.24) is 0 Å². The van der Waals surface area contributed by atoms with Gasteiger partial charge in [-0.1, -0.05) is 137 Å². The summed E-state index contributed by atoms with van der Waals surface area (Å²) in [6, 6.07) is 41.8. The highest BCUT2D eigenvalue weighted by atomic mass is 32.2. The normalized spacial score (nSPS) is 11.2. The van der Waals surface area contributed by atoms with Gasteiger partial charge in [0.25, 0.3) is 0 Å². The molecule has 0 unspecified atom stereocenters. The van der Waals surface area contributed by atoms with Crippen molar-refractivity contribution in [2.45, 2.75) is 64.7 Å². The van der Waals surface area contributed by atoms with E-state index >= 15 is 0 Å². The average Bonchev–Trinajstić information content (AvgIpc) is 3.10. The van der Waals surface area contributed by atoms with Crippen LogP contribution in [0.1, 0.15) is 80.7 Å². The van der Waals surface area contributed by atoms with E-state index in [9.17, 15) is 4.79 Å². The second-order valence-corrected chi connectivity index (χ2v) is 14.0. The number of carboxylic acid groups (broad SMARTS) is 1. The van der Waals surface area contributed by atoms with E-state index < -0.39 is 5.97 Å². The van der Waals surface area contributed by atoms with Crippen molar-refractivity contribution < 1.29 is 14.6 Å². The van der Waals surface area contributed by atoms with Crippen molar-refractivity contribution >= 4 is 23.3 Å². The van der Waals surface area contributed by atoms with Gasteiger partial charge in [-0.3, -0.25) is 0 Å². The Morgan fingerprint density at radius 3 is 1.48 bits per heavy atom. The highest BCUT2D eigenvalue weighted by Crippen LogP contribution is 2.36. The Balaban J connectivity index is 1.47. The zero-order chi connectivity index (χ0) is 34.2. The second kappa shape index (κ2) is 16.0. The van der Waals surface area contributed by atoms with Crippen LogP contribution in [-0.2, 0) is 4.79 Å². The van der Waals surface area contributed by atoms with E-state index in [1.165, 1.54) is 55.7 Å². The Kier molecular flexibility index (Phi) is 11.6. The van der Waals surface area contributed by atoms with Crippen LogP contribution in [0.3, 0.4) is 0 Å². The van der Waals surface area contributed by atoms with Crippen LogP contribution < -0.4 is 4.74 Å². The lowest BCUT2D eigenvalue weighted by molar-refractivity contribution is -0.139. The summed E-state index contributed by atoms with van der Waals surface area (Å²) < 4.78 is 5.45. The summed E-state index contributed by atoms with van der Waals surface area (Å²) in [6.07, 6.45) is 0.915. The number of aryl methyl sites for hydroxylation is 1. The molecular formula is C44H46O3S. The fraction of sp³-hybridized carbons (Fsp3) is 0.250. The molecule has 0 aliphatic heterocycles. The molecule has 48 heavy (non-hydrogen) atoms. The number of aliphatic carboxylic acids is 1. The third-order valence-electron chi connectivity index (χ3n) is 8.86. The summed E-state index contributed by atoms with van der Waals surface area (Å²) in [6.45, 7) is 12.8. The molecule has 5 aromatic carbocycles. The molecule has 0 spiro atoms. The van der Waals surface area contributed by atoms with Crippen LogP contribution in [0.15, 0.2) is 126 Å². The molecule has 5 rings (SSSR count). The van der Waals surface area contributed by atoms with E-state index in [-0.39, 0.29) is 6.61 Å². The molecule has 0 aromatic heterocycles. The summed E-state index contributed by atoms with van der Waals surface area (Å²) >= 11 is 1.80. The second-order valence-electron chi connectivity index (χ2n) is 12.9. The van der Waals surface area contributed by atoms with Crippen LogP contribution in [0, 0.1) is 6.92 Å². The Bertz CT molecular complexity index is 1750. The molecule has 0 aliphatic carbocycles. The average molecular weight is 655 g/mol. The molecule has 0 bridgehead atoms. The Hall–Kier alpha value is -4.54. The van der Waals surface area contributed by atoms with Crippen molar-refractivity contribution in [2.75, 3.05) is 12.4 Å². The zero-order valence-corrected chi connectivity index (χ0v) is 29.7. The monoisotopic (exact) mass is 654 g/mol. The predicted octanol–water partition coefficient (Wildman–Crippen LogP) is 12.0. The number of hydrogen-bond donors (Lipinski definition) is 1. The molecule has 0 heterocycles. The summed E-state index contributed by atoms with van der Waals surface area (Å²) in [5.74, 6) is 1.48. The molecule has 0 saturated carbocycles. The van der Waals surface area contributed by atoms with E-state index in [2.05, 4.69) is 138 Å². The van der Waals surface area contributed by atoms with Gasteiger partial charge >= 0.3 is 5.97 Å². The number of ether oxygens (including phenoxy) is 1. The van der Waals surface area contributed by atoms with E-state index in [1.54, 1.807) is 11.8 Å². The van der Waals surface area contributed by atoms with Gasteiger partial charge in [0.1, 0.15) is 5.75 Å². The third kappa shape index (κ3) is 8.67. The lowest BCUT2D eigenvalue weighted by Gasteiger charge is -2.17. The van der Waals surface area contributed by atoms with Crippen LogP contribution in [0.4, 0.5) is 0 Å². The highest BCUT2D eigenvalue weighted by Gasteiger charge is 2.14. The van der Waals surface area contributed by atoms with Crippen molar-refractivity contribution in [3.8, 4) is 28.0 Å². The largest absolute Gasteiger partial charge is 0.482 e. The SMILES string of the molecule is CCC(CSc1ccc(OCC(=O)O)c(C)c1)=C(c1ccc(-c2ccc(C(C)C)cc2)cc1)c1ccc(-c2ccc(C(C)C)cc2)cc1. The number of carbonyl (C=O) groups is 1. The van der Waals surface area contributed by atoms with Gasteiger partial charge in [-0.2, -0.15) is 0 Å². The van der Waals surface area contributed by atoms with E-state index in [0.717, 1.165) is 22.6 Å². The van der Waals surface area contributed by atoms with Gasteiger partial charge in [-0.05, 0) is 99.0 Å². The number of thioether (sulfide) groups is 1. The summed E-state index contributed by atoms with van der Waals surface area (Å²) in [4.78, 5) is 12.1. The van der Waals surface area contributed by atoms with Gasteiger partial charge < -0.3 is 9.84 Å². The molecule has 5 aromatic rings. The molecule has 3 nitrogen and oxygen atoms in total. The first-order chi connectivity index (χ1) is 23.1. The molecular weight excluding hydrogens is 609 g/mol. The van der Waals surface area contributed by atoms with Crippen LogP contribution >= 0.6 is 11.8 Å². The first-order valence-corrected chi connectivity index (χ1v) is 17.8. The maximum Gasteiger partial charge on any atom is 0.341 e. The number of benzene rings is 5. The van der Waals surface area contributed by atoms with Crippen LogP contribution in [0.5, 0.6) is 5.75 Å². The van der Waals surface area contributed by atoms with Gasteiger partial charge in [0.15, 0.2) is 6.61 Å². The summed E-state index contributed by atoms with van der Waals surface area (Å²) in [7, 11) is 0. The molecule has 0 amide bonds. The molecule has 1 N–H and O–H groups in total. The zero-order valence-electron chi connectivity index (χ0n) is 28.9. The number of rotatable bonds is 13. The molecule has 0 aliphatic rings. The van der Waals surface area contributed by atoms with Crippen molar-refractivity contribution in [3.05, 3.63) is 149 Å². The number of carboxylic acids is 1. The standard InChI is InChI=1S/C44H46O3S/c1-7-32(28-48-41-24-25-42(31(6)26-41)47-27-43(45)46)44(39-20-16-37(17-21-39)35-12-8-33(9-13-35)29(2)3)40-22-18-38(19-23-40)36-14-10-34(11-15-36)30(4)5/h8-26,29-30H,7,27-28H2,1-6H3,(H,45,46). The van der Waals surface area contributed by atoms with Crippen LogP contribution in [-0.4, -0.2) is 23.4 Å². The van der Waals surface area contributed by atoms with E-state index in [4.69, 9.17) is 9.84 Å². The van der Waals surface area contributed by atoms with E-state index in [1.807, 2.05) is 19.1 Å². The van der Waals surface area contributed by atoms with Gasteiger partial charge in [0.05, 0.1) is 0 Å². The van der Waals surface area contributed by atoms with Gasteiger partial charge in [-0.15, -0.1) is 11.8 Å². The summed E-state index contributed by atoms with van der Waals surface area (Å²) in [5, 5.41) is 9.00. The van der Waals surface area contributed by atoms with Crippen molar-refractivity contribution in [3.63, 3.8) is 0 Å². The quantitative estimate of drug-likeness (QED) is 0.128. The minimum absolute atomic E-state index is 0.344.